The van der Waals surface area contributed by atoms with Gasteiger partial charge in [0.25, 0.3) is 0 Å². The number of nitrogens with one attached hydrogen (secondary N) is 1. The van der Waals surface area contributed by atoms with Gasteiger partial charge in [-0.05, 0) is 50.5 Å². The third kappa shape index (κ3) is 4.34. The molecule has 0 amide bonds. The lowest BCUT2D eigenvalue weighted by molar-refractivity contribution is 0.191. The molecule has 2 heteroatoms. The highest BCUT2D eigenvalue weighted by molar-refractivity contribution is 5.48. The smallest absolute Gasteiger partial charge is 0.0481 e. The SMILES string of the molecule is COCCC(C)Nc1cc(C)cc(C)c1. The Morgan fingerprint density at radius 3 is 2.33 bits per heavy atom. The lowest BCUT2D eigenvalue weighted by atomic mass is 10.1. The number of rotatable bonds is 5. The fourth-order valence-corrected chi connectivity index (χ4v) is 1.71. The maximum absolute atomic E-state index is 5.06. The molecule has 84 valence electrons. The van der Waals surface area contributed by atoms with Gasteiger partial charge < -0.3 is 10.1 Å². The standard InChI is InChI=1S/C13H21NO/c1-10-7-11(2)9-13(8-10)14-12(3)5-6-15-4/h7-9,12,14H,5-6H2,1-4H3. The Morgan fingerprint density at radius 1 is 1.20 bits per heavy atom. The molecule has 1 aromatic carbocycles. The van der Waals surface area contributed by atoms with E-state index in [-0.39, 0.29) is 0 Å². The second-order valence-electron chi connectivity index (χ2n) is 4.20. The summed E-state index contributed by atoms with van der Waals surface area (Å²) in [5, 5.41) is 3.48. The lowest BCUT2D eigenvalue weighted by Crippen LogP contribution is -2.17. The summed E-state index contributed by atoms with van der Waals surface area (Å²) in [6, 6.07) is 6.99. The summed E-state index contributed by atoms with van der Waals surface area (Å²) in [6.07, 6.45) is 1.03. The molecule has 0 spiro atoms. The van der Waals surface area contributed by atoms with Crippen molar-refractivity contribution in [2.45, 2.75) is 33.2 Å². The summed E-state index contributed by atoms with van der Waals surface area (Å²) in [4.78, 5) is 0. The van der Waals surface area contributed by atoms with Gasteiger partial charge >= 0.3 is 0 Å². The van der Waals surface area contributed by atoms with E-state index >= 15 is 0 Å². The van der Waals surface area contributed by atoms with Gasteiger partial charge in [-0.25, -0.2) is 0 Å². The molecule has 0 heterocycles. The van der Waals surface area contributed by atoms with E-state index in [0.29, 0.717) is 6.04 Å². The molecule has 2 nitrogen and oxygen atoms in total. The van der Waals surface area contributed by atoms with Crippen molar-refractivity contribution in [3.63, 3.8) is 0 Å². The van der Waals surface area contributed by atoms with Crippen LogP contribution in [0.4, 0.5) is 5.69 Å². The average Bonchev–Trinajstić information content (AvgIpc) is 2.13. The van der Waals surface area contributed by atoms with Crippen molar-refractivity contribution >= 4 is 5.69 Å². The van der Waals surface area contributed by atoms with Crippen molar-refractivity contribution in [3.8, 4) is 0 Å². The quantitative estimate of drug-likeness (QED) is 0.801. The van der Waals surface area contributed by atoms with Crippen molar-refractivity contribution in [2.24, 2.45) is 0 Å². The molecular weight excluding hydrogens is 186 g/mol. The van der Waals surface area contributed by atoms with Crippen molar-refractivity contribution < 1.29 is 4.74 Å². The number of benzene rings is 1. The van der Waals surface area contributed by atoms with E-state index in [1.54, 1.807) is 7.11 Å². The van der Waals surface area contributed by atoms with Gasteiger partial charge in [0.15, 0.2) is 0 Å². The fourth-order valence-electron chi connectivity index (χ4n) is 1.71. The van der Waals surface area contributed by atoms with Crippen LogP contribution in [0.15, 0.2) is 18.2 Å². The molecule has 1 aromatic rings. The molecule has 0 saturated carbocycles. The summed E-state index contributed by atoms with van der Waals surface area (Å²) >= 11 is 0. The van der Waals surface area contributed by atoms with Gasteiger partial charge in [-0.15, -0.1) is 0 Å². The van der Waals surface area contributed by atoms with Crippen molar-refractivity contribution in [2.75, 3.05) is 19.0 Å². The first kappa shape index (κ1) is 12.1. The average molecular weight is 207 g/mol. The highest BCUT2D eigenvalue weighted by Gasteiger charge is 2.02. The monoisotopic (exact) mass is 207 g/mol. The Hall–Kier alpha value is -1.02. The summed E-state index contributed by atoms with van der Waals surface area (Å²) in [6.45, 7) is 7.23. The molecule has 0 fully saturated rings. The lowest BCUT2D eigenvalue weighted by Gasteiger charge is -2.15. The Morgan fingerprint density at radius 2 is 1.80 bits per heavy atom. The number of anilines is 1. The number of methoxy groups -OCH3 is 1. The zero-order chi connectivity index (χ0) is 11.3. The number of ether oxygens (including phenoxy) is 1. The molecule has 1 atom stereocenters. The molecule has 0 aliphatic heterocycles. The molecule has 1 N–H and O–H groups in total. The van der Waals surface area contributed by atoms with Crippen LogP contribution in [0.5, 0.6) is 0 Å². The number of hydrogen-bond acceptors (Lipinski definition) is 2. The van der Waals surface area contributed by atoms with E-state index in [1.807, 2.05) is 0 Å². The van der Waals surface area contributed by atoms with E-state index < -0.39 is 0 Å². The second-order valence-corrected chi connectivity index (χ2v) is 4.20. The van der Waals surface area contributed by atoms with Crippen molar-refractivity contribution in [3.05, 3.63) is 29.3 Å². The van der Waals surface area contributed by atoms with E-state index in [0.717, 1.165) is 13.0 Å². The first-order chi connectivity index (χ1) is 7.11. The van der Waals surface area contributed by atoms with E-state index in [9.17, 15) is 0 Å². The van der Waals surface area contributed by atoms with Crippen LogP contribution < -0.4 is 5.32 Å². The highest BCUT2D eigenvalue weighted by Crippen LogP contribution is 2.15. The van der Waals surface area contributed by atoms with Gasteiger partial charge in [-0.1, -0.05) is 6.07 Å². The van der Waals surface area contributed by atoms with Gasteiger partial charge in [0.05, 0.1) is 0 Å². The molecule has 0 aliphatic rings. The summed E-state index contributed by atoms with van der Waals surface area (Å²) in [5.74, 6) is 0. The van der Waals surface area contributed by atoms with Crippen LogP contribution in [0, 0.1) is 13.8 Å². The topological polar surface area (TPSA) is 21.3 Å². The van der Waals surface area contributed by atoms with E-state index in [4.69, 9.17) is 4.74 Å². The van der Waals surface area contributed by atoms with E-state index in [2.05, 4.69) is 44.3 Å². The Bertz CT molecular complexity index is 289. The fraction of sp³-hybridized carbons (Fsp3) is 0.538. The zero-order valence-corrected chi connectivity index (χ0v) is 10.1. The maximum Gasteiger partial charge on any atom is 0.0481 e. The van der Waals surface area contributed by atoms with Gasteiger partial charge in [0, 0.05) is 25.4 Å². The summed E-state index contributed by atoms with van der Waals surface area (Å²) in [7, 11) is 1.74. The zero-order valence-electron chi connectivity index (χ0n) is 10.1. The minimum absolute atomic E-state index is 0.450. The maximum atomic E-state index is 5.06. The van der Waals surface area contributed by atoms with Crippen molar-refractivity contribution in [1.29, 1.82) is 0 Å². The first-order valence-electron chi connectivity index (χ1n) is 5.45. The van der Waals surface area contributed by atoms with Crippen LogP contribution in [0.2, 0.25) is 0 Å². The second kappa shape index (κ2) is 5.76. The van der Waals surface area contributed by atoms with E-state index in [1.165, 1.54) is 16.8 Å². The predicted octanol–water partition coefficient (Wildman–Crippen LogP) is 3.14. The summed E-state index contributed by atoms with van der Waals surface area (Å²) in [5.41, 5.74) is 3.81. The molecule has 0 saturated heterocycles. The largest absolute Gasteiger partial charge is 0.385 e. The van der Waals surface area contributed by atoms with Crippen LogP contribution in [-0.4, -0.2) is 19.8 Å². The van der Waals surface area contributed by atoms with Crippen molar-refractivity contribution in [1.82, 2.24) is 0 Å². The molecule has 1 unspecified atom stereocenters. The first-order valence-corrected chi connectivity index (χ1v) is 5.45. The van der Waals surface area contributed by atoms with Crippen LogP contribution in [0.25, 0.3) is 0 Å². The summed E-state index contributed by atoms with van der Waals surface area (Å²) < 4.78 is 5.06. The third-order valence-electron chi connectivity index (χ3n) is 2.39. The molecule has 0 aromatic heterocycles. The Labute approximate surface area is 92.6 Å². The molecule has 15 heavy (non-hydrogen) atoms. The normalized spacial score (nSPS) is 12.5. The molecular formula is C13H21NO. The number of hydrogen-bond donors (Lipinski definition) is 1. The highest BCUT2D eigenvalue weighted by atomic mass is 16.5. The minimum atomic E-state index is 0.450. The molecule has 0 radical (unpaired) electrons. The molecule has 0 aliphatic carbocycles. The van der Waals surface area contributed by atoms with Gasteiger partial charge in [0.2, 0.25) is 0 Å². The van der Waals surface area contributed by atoms with Gasteiger partial charge in [0.1, 0.15) is 0 Å². The van der Waals surface area contributed by atoms with Crippen LogP contribution in [0.3, 0.4) is 0 Å². The van der Waals surface area contributed by atoms with Gasteiger partial charge in [-0.2, -0.15) is 0 Å². The minimum Gasteiger partial charge on any atom is -0.385 e. The Kier molecular flexibility index (Phi) is 4.63. The predicted molar refractivity (Wildman–Crippen MR) is 65.5 cm³/mol. The Balaban J connectivity index is 2.56. The third-order valence-corrected chi connectivity index (χ3v) is 2.39. The molecule has 0 bridgehead atoms. The molecule has 1 rings (SSSR count). The van der Waals surface area contributed by atoms with Crippen LogP contribution in [-0.2, 0) is 4.74 Å². The van der Waals surface area contributed by atoms with Crippen LogP contribution in [0.1, 0.15) is 24.5 Å². The van der Waals surface area contributed by atoms with Gasteiger partial charge in [-0.3, -0.25) is 0 Å². The number of aryl methyl sites for hydroxylation is 2. The van der Waals surface area contributed by atoms with Crippen LogP contribution >= 0.6 is 0 Å².